The summed E-state index contributed by atoms with van der Waals surface area (Å²) in [6.45, 7) is -0.443. The minimum atomic E-state index is -0.640. The van der Waals surface area contributed by atoms with Crippen molar-refractivity contribution in [3.05, 3.63) is 93.0 Å². The molecule has 1 atom stereocenters. The fourth-order valence-corrected chi connectivity index (χ4v) is 2.71. The van der Waals surface area contributed by atoms with Crippen LogP contribution in [-0.4, -0.2) is 10.2 Å². The summed E-state index contributed by atoms with van der Waals surface area (Å²) >= 11 is 6.03. The lowest BCUT2D eigenvalue weighted by Crippen LogP contribution is -2.16. The highest BCUT2D eigenvalue weighted by Gasteiger charge is 2.23. The van der Waals surface area contributed by atoms with Gasteiger partial charge in [-0.25, -0.2) is 0 Å². The Morgan fingerprint density at radius 2 is 1.84 bits per heavy atom. The summed E-state index contributed by atoms with van der Waals surface area (Å²) in [5.74, 6) is -0.394. The maximum Gasteiger partial charge on any atom is 0.227 e. The molecular weight excluding hydrogens is 342 g/mol. The van der Waals surface area contributed by atoms with Gasteiger partial charge in [-0.15, -0.1) is 0 Å². The van der Waals surface area contributed by atoms with Gasteiger partial charge in [-0.05, 0) is 23.8 Å². The summed E-state index contributed by atoms with van der Waals surface area (Å²) < 4.78 is 5.56. The number of rotatable bonds is 5. The van der Waals surface area contributed by atoms with Crippen molar-refractivity contribution >= 4 is 17.3 Å². The average Bonchev–Trinajstić information content (AvgIpc) is 2.63. The second-order valence-electron chi connectivity index (χ2n) is 5.45. The van der Waals surface area contributed by atoms with E-state index in [9.17, 15) is 15.0 Å². The first-order valence-electron chi connectivity index (χ1n) is 7.62. The molecule has 0 amide bonds. The van der Waals surface area contributed by atoms with E-state index in [4.69, 9.17) is 16.0 Å². The molecule has 0 spiro atoms. The summed E-state index contributed by atoms with van der Waals surface area (Å²) in [6.07, 6.45) is 0. The maximum atomic E-state index is 12.0. The van der Waals surface area contributed by atoms with E-state index in [2.05, 4.69) is 5.32 Å². The Bertz CT molecular complexity index is 924. The van der Waals surface area contributed by atoms with Crippen LogP contribution in [0.25, 0.3) is 0 Å². The minimum absolute atomic E-state index is 0.0303. The molecule has 0 radical (unpaired) electrons. The number of hydrogen-bond donors (Lipinski definition) is 3. The fourth-order valence-electron chi connectivity index (χ4n) is 2.52. The Morgan fingerprint density at radius 3 is 2.52 bits per heavy atom. The van der Waals surface area contributed by atoms with Crippen molar-refractivity contribution in [1.29, 1.82) is 0 Å². The van der Waals surface area contributed by atoms with Crippen LogP contribution in [0.2, 0.25) is 5.02 Å². The predicted molar refractivity (Wildman–Crippen MR) is 95.9 cm³/mol. The van der Waals surface area contributed by atoms with Crippen molar-refractivity contribution in [3.63, 3.8) is 0 Å². The van der Waals surface area contributed by atoms with Gasteiger partial charge in [0.05, 0.1) is 0 Å². The number of aliphatic hydroxyl groups is 1. The number of benzene rings is 2. The number of hydrogen-bond acceptors (Lipinski definition) is 5. The molecule has 1 heterocycles. The van der Waals surface area contributed by atoms with Crippen molar-refractivity contribution in [3.8, 4) is 5.75 Å². The Hall–Kier alpha value is -2.76. The monoisotopic (exact) mass is 357 g/mol. The number of halogens is 1. The summed E-state index contributed by atoms with van der Waals surface area (Å²) in [5, 5.41) is 23.3. The molecule has 1 aromatic heterocycles. The summed E-state index contributed by atoms with van der Waals surface area (Å²) in [4.78, 5) is 12.0. The molecule has 0 unspecified atom stereocenters. The highest BCUT2D eigenvalue weighted by molar-refractivity contribution is 6.30. The minimum Gasteiger partial charge on any atom is -0.502 e. The first-order valence-corrected chi connectivity index (χ1v) is 8.00. The van der Waals surface area contributed by atoms with Gasteiger partial charge in [0.2, 0.25) is 11.2 Å². The first kappa shape index (κ1) is 17.1. The Kier molecular flexibility index (Phi) is 5.07. The summed E-state index contributed by atoms with van der Waals surface area (Å²) in [6, 6.07) is 16.7. The zero-order chi connectivity index (χ0) is 17.8. The molecule has 0 aliphatic rings. The van der Waals surface area contributed by atoms with E-state index in [1.54, 1.807) is 18.2 Å². The number of aliphatic hydroxyl groups excluding tert-OH is 1. The van der Waals surface area contributed by atoms with Crippen LogP contribution >= 0.6 is 11.6 Å². The molecule has 0 saturated heterocycles. The molecule has 2 aromatic carbocycles. The van der Waals surface area contributed by atoms with Crippen molar-refractivity contribution < 1.29 is 14.6 Å². The van der Waals surface area contributed by atoms with Gasteiger partial charge in [-0.2, -0.15) is 0 Å². The van der Waals surface area contributed by atoms with Gasteiger partial charge in [0.25, 0.3) is 0 Å². The quantitative estimate of drug-likeness (QED) is 0.648. The number of aromatic hydroxyl groups is 1. The van der Waals surface area contributed by atoms with Crippen LogP contribution in [0.15, 0.2) is 69.9 Å². The molecule has 0 aliphatic carbocycles. The molecule has 5 nitrogen and oxygen atoms in total. The standard InChI is InChI=1S/C19H16ClNO4/c20-13-7-4-8-14(9-13)21-17(12-5-2-1-3-6-12)19-18(24)16(23)10-15(11-22)25-19/h1-10,17,21-22,24H,11H2/t17-/m0/s1. The van der Waals surface area contributed by atoms with E-state index in [-0.39, 0.29) is 11.5 Å². The third kappa shape index (κ3) is 3.84. The van der Waals surface area contributed by atoms with E-state index in [1.165, 1.54) is 0 Å². The van der Waals surface area contributed by atoms with Gasteiger partial charge in [0, 0.05) is 16.8 Å². The van der Waals surface area contributed by atoms with Crippen molar-refractivity contribution in [2.45, 2.75) is 12.6 Å². The smallest absolute Gasteiger partial charge is 0.227 e. The van der Waals surface area contributed by atoms with Crippen LogP contribution in [-0.2, 0) is 6.61 Å². The molecule has 6 heteroatoms. The van der Waals surface area contributed by atoms with E-state index in [0.717, 1.165) is 11.6 Å². The topological polar surface area (TPSA) is 82.7 Å². The zero-order valence-corrected chi connectivity index (χ0v) is 13.9. The summed E-state index contributed by atoms with van der Waals surface area (Å²) in [7, 11) is 0. The van der Waals surface area contributed by atoms with Gasteiger partial charge in [0.1, 0.15) is 18.4 Å². The first-order chi connectivity index (χ1) is 12.1. The molecule has 25 heavy (non-hydrogen) atoms. The van der Waals surface area contributed by atoms with Gasteiger partial charge in [0.15, 0.2) is 5.76 Å². The third-order valence-electron chi connectivity index (χ3n) is 3.69. The number of anilines is 1. The second kappa shape index (κ2) is 7.42. The van der Waals surface area contributed by atoms with Gasteiger partial charge in [-0.3, -0.25) is 4.79 Å². The lowest BCUT2D eigenvalue weighted by atomic mass is 10.0. The lowest BCUT2D eigenvalue weighted by molar-refractivity contribution is 0.234. The van der Waals surface area contributed by atoms with E-state index in [0.29, 0.717) is 10.7 Å². The molecule has 3 rings (SSSR count). The van der Waals surface area contributed by atoms with Gasteiger partial charge in [-0.1, -0.05) is 48.0 Å². The molecular formula is C19H16ClNO4. The van der Waals surface area contributed by atoms with E-state index >= 15 is 0 Å². The normalized spacial score (nSPS) is 11.9. The zero-order valence-electron chi connectivity index (χ0n) is 13.1. The van der Waals surface area contributed by atoms with Crippen LogP contribution in [0.5, 0.6) is 5.75 Å². The van der Waals surface area contributed by atoms with Crippen molar-refractivity contribution in [1.82, 2.24) is 0 Å². The lowest BCUT2D eigenvalue weighted by Gasteiger charge is -2.21. The van der Waals surface area contributed by atoms with Crippen LogP contribution in [0.4, 0.5) is 5.69 Å². The third-order valence-corrected chi connectivity index (χ3v) is 3.92. The highest BCUT2D eigenvalue weighted by atomic mass is 35.5. The SMILES string of the molecule is O=c1cc(CO)oc([C@@H](Nc2cccc(Cl)c2)c2ccccc2)c1O. The highest BCUT2D eigenvalue weighted by Crippen LogP contribution is 2.32. The maximum absolute atomic E-state index is 12.0. The molecule has 3 N–H and O–H groups in total. The molecule has 0 fully saturated rings. The van der Waals surface area contributed by atoms with Gasteiger partial charge >= 0.3 is 0 Å². The van der Waals surface area contributed by atoms with Crippen LogP contribution in [0.3, 0.4) is 0 Å². The van der Waals surface area contributed by atoms with Crippen molar-refractivity contribution in [2.24, 2.45) is 0 Å². The Labute approximate surface area is 149 Å². The van der Waals surface area contributed by atoms with Crippen molar-refractivity contribution in [2.75, 3.05) is 5.32 Å². The molecule has 0 aliphatic heterocycles. The van der Waals surface area contributed by atoms with Gasteiger partial charge < -0.3 is 19.9 Å². The van der Waals surface area contributed by atoms with Crippen LogP contribution in [0, 0.1) is 0 Å². The Morgan fingerprint density at radius 1 is 1.08 bits per heavy atom. The Balaban J connectivity index is 2.12. The second-order valence-corrected chi connectivity index (χ2v) is 5.88. The molecule has 0 saturated carbocycles. The number of nitrogens with one attached hydrogen (secondary N) is 1. The average molecular weight is 358 g/mol. The van der Waals surface area contributed by atoms with E-state index < -0.39 is 23.8 Å². The molecule has 3 aromatic rings. The van der Waals surface area contributed by atoms with Crippen LogP contribution < -0.4 is 10.7 Å². The largest absolute Gasteiger partial charge is 0.502 e. The summed E-state index contributed by atoms with van der Waals surface area (Å²) in [5.41, 5.74) is 0.855. The van der Waals surface area contributed by atoms with Crippen LogP contribution in [0.1, 0.15) is 23.1 Å². The van der Waals surface area contributed by atoms with E-state index in [1.807, 2.05) is 36.4 Å². The fraction of sp³-hybridized carbons (Fsp3) is 0.105. The molecule has 128 valence electrons. The molecule has 0 bridgehead atoms. The predicted octanol–water partition coefficient (Wildman–Crippen LogP) is 3.69.